The van der Waals surface area contributed by atoms with Crippen molar-refractivity contribution < 1.29 is 0 Å². The first-order chi connectivity index (χ1) is 9.45. The van der Waals surface area contributed by atoms with E-state index in [4.69, 9.17) is 0 Å². The van der Waals surface area contributed by atoms with Crippen molar-refractivity contribution in [3.63, 3.8) is 0 Å². The summed E-state index contributed by atoms with van der Waals surface area (Å²) in [5, 5.41) is 3.65. The maximum Gasteiger partial charge on any atom is 0.0444 e. The molecule has 0 spiro atoms. The predicted molar refractivity (Wildman–Crippen MR) is 84.5 cm³/mol. The van der Waals surface area contributed by atoms with E-state index in [2.05, 4.69) is 47.8 Å². The Kier molecular flexibility index (Phi) is 6.56. The fourth-order valence-corrected chi connectivity index (χ4v) is 2.74. The molecule has 0 bridgehead atoms. The molecule has 1 aliphatic rings. The van der Waals surface area contributed by atoms with Gasteiger partial charge in [-0.15, -0.1) is 0 Å². The van der Waals surface area contributed by atoms with Gasteiger partial charge in [-0.25, -0.2) is 0 Å². The number of rotatable bonds is 2. The summed E-state index contributed by atoms with van der Waals surface area (Å²) < 4.78 is 0. The normalized spacial score (nSPS) is 23.9. The van der Waals surface area contributed by atoms with Gasteiger partial charge in [0.25, 0.3) is 0 Å². The van der Waals surface area contributed by atoms with Gasteiger partial charge in [0.05, 0.1) is 0 Å². The van der Waals surface area contributed by atoms with Crippen LogP contribution in [0.4, 0.5) is 5.69 Å². The molecular weight excluding hydrogens is 230 g/mol. The van der Waals surface area contributed by atoms with E-state index in [-0.39, 0.29) is 0 Å². The Morgan fingerprint density at radius 1 is 0.789 bits per heavy atom. The van der Waals surface area contributed by atoms with Crippen LogP contribution in [0.25, 0.3) is 0 Å². The highest BCUT2D eigenvalue weighted by Crippen LogP contribution is 2.16. The van der Waals surface area contributed by atoms with Crippen LogP contribution < -0.4 is 5.32 Å². The van der Waals surface area contributed by atoms with Crippen LogP contribution in [0.2, 0.25) is 0 Å². The molecule has 1 aliphatic carbocycles. The minimum absolute atomic E-state index is 0.502. The Morgan fingerprint density at radius 3 is 2.26 bits per heavy atom. The molecule has 1 N–H and O–H groups in total. The molecule has 0 radical (unpaired) electrons. The lowest BCUT2D eigenvalue weighted by Crippen LogP contribution is -2.16. The van der Waals surface area contributed by atoms with Crippen molar-refractivity contribution in [3.05, 3.63) is 42.5 Å². The molecule has 1 aromatic carbocycles. The monoisotopic (exact) mass is 257 g/mol. The minimum Gasteiger partial charge on any atom is -0.379 e. The Labute approximate surface area is 118 Å². The quantitative estimate of drug-likeness (QED) is 0.685. The third-order valence-corrected chi connectivity index (χ3v) is 3.88. The zero-order valence-electron chi connectivity index (χ0n) is 12.0. The summed E-state index contributed by atoms with van der Waals surface area (Å²) in [5.74, 6) is 0. The van der Waals surface area contributed by atoms with Gasteiger partial charge >= 0.3 is 0 Å². The van der Waals surface area contributed by atoms with E-state index in [0.29, 0.717) is 6.04 Å². The van der Waals surface area contributed by atoms with Crippen LogP contribution in [0.3, 0.4) is 0 Å². The summed E-state index contributed by atoms with van der Waals surface area (Å²) in [5.41, 5.74) is 1.24. The number of nitrogens with one attached hydrogen (secondary N) is 1. The van der Waals surface area contributed by atoms with Gasteiger partial charge in [-0.3, -0.25) is 0 Å². The third-order valence-electron chi connectivity index (χ3n) is 3.88. The molecule has 1 nitrogen and oxygen atoms in total. The van der Waals surface area contributed by atoms with Gasteiger partial charge in [0.15, 0.2) is 0 Å². The molecule has 1 unspecified atom stereocenters. The largest absolute Gasteiger partial charge is 0.379 e. The van der Waals surface area contributed by atoms with E-state index in [1.807, 2.05) is 0 Å². The van der Waals surface area contributed by atoms with Crippen LogP contribution >= 0.6 is 0 Å². The lowest BCUT2D eigenvalue weighted by Gasteiger charge is -2.17. The number of hydrogen-bond donors (Lipinski definition) is 1. The molecule has 0 saturated carbocycles. The SMILES string of the molecule is C1=C\C(Nc2ccccc2)CCCCCCCCC/1. The number of hydrogen-bond acceptors (Lipinski definition) is 1. The van der Waals surface area contributed by atoms with E-state index < -0.39 is 0 Å². The minimum atomic E-state index is 0.502. The maximum atomic E-state index is 3.65. The van der Waals surface area contributed by atoms with E-state index in [0.717, 1.165) is 0 Å². The number of allylic oxidation sites excluding steroid dienone is 1. The van der Waals surface area contributed by atoms with Crippen molar-refractivity contribution in [3.8, 4) is 0 Å². The van der Waals surface area contributed by atoms with Crippen molar-refractivity contribution in [2.45, 2.75) is 63.8 Å². The predicted octanol–water partition coefficient (Wildman–Crippen LogP) is 5.55. The van der Waals surface area contributed by atoms with Crippen molar-refractivity contribution in [1.82, 2.24) is 0 Å². The fourth-order valence-electron chi connectivity index (χ4n) is 2.74. The zero-order chi connectivity index (χ0) is 13.2. The van der Waals surface area contributed by atoms with Gasteiger partial charge < -0.3 is 5.32 Å². The van der Waals surface area contributed by atoms with Crippen LogP contribution in [0.15, 0.2) is 42.5 Å². The average molecular weight is 257 g/mol. The fraction of sp³-hybridized carbons (Fsp3) is 0.556. The lowest BCUT2D eigenvalue weighted by atomic mass is 10.0. The first-order valence-electron chi connectivity index (χ1n) is 7.93. The highest BCUT2D eigenvalue weighted by molar-refractivity contribution is 5.44. The van der Waals surface area contributed by atoms with E-state index >= 15 is 0 Å². The van der Waals surface area contributed by atoms with Crippen molar-refractivity contribution in [1.29, 1.82) is 0 Å². The van der Waals surface area contributed by atoms with Gasteiger partial charge in [-0.05, 0) is 31.4 Å². The third kappa shape index (κ3) is 5.96. The maximum absolute atomic E-state index is 3.65. The molecule has 0 aromatic heterocycles. The summed E-state index contributed by atoms with van der Waals surface area (Å²) in [4.78, 5) is 0. The van der Waals surface area contributed by atoms with Crippen molar-refractivity contribution in [2.24, 2.45) is 0 Å². The molecule has 0 fully saturated rings. The summed E-state index contributed by atoms with van der Waals surface area (Å²) >= 11 is 0. The standard InChI is InChI=1S/C18H27N/c1-2-4-6-9-13-17(14-10-7-5-3-1)19-18-15-11-8-12-16-18/h8-9,11-13,15-17,19H,1-7,10,14H2/b13-9-. The number of anilines is 1. The molecule has 0 heterocycles. The molecule has 19 heavy (non-hydrogen) atoms. The molecule has 0 amide bonds. The zero-order valence-corrected chi connectivity index (χ0v) is 12.0. The van der Waals surface area contributed by atoms with E-state index in [1.165, 1.54) is 63.5 Å². The van der Waals surface area contributed by atoms with Crippen molar-refractivity contribution >= 4 is 5.69 Å². The second kappa shape index (κ2) is 8.79. The second-order valence-corrected chi connectivity index (χ2v) is 5.60. The summed E-state index contributed by atoms with van der Waals surface area (Å²) in [6.07, 6.45) is 17.0. The molecule has 2 rings (SSSR count). The van der Waals surface area contributed by atoms with Gasteiger partial charge in [0, 0.05) is 11.7 Å². The highest BCUT2D eigenvalue weighted by Gasteiger charge is 2.05. The molecule has 0 aliphatic heterocycles. The first-order valence-corrected chi connectivity index (χ1v) is 7.93. The van der Waals surface area contributed by atoms with E-state index in [1.54, 1.807) is 0 Å². The summed E-state index contributed by atoms with van der Waals surface area (Å²) in [7, 11) is 0. The number of para-hydroxylation sites is 1. The van der Waals surface area contributed by atoms with E-state index in [9.17, 15) is 0 Å². The summed E-state index contributed by atoms with van der Waals surface area (Å²) in [6, 6.07) is 11.1. The molecule has 0 saturated heterocycles. The van der Waals surface area contributed by atoms with Crippen LogP contribution in [0.5, 0.6) is 0 Å². The van der Waals surface area contributed by atoms with Crippen LogP contribution in [0, 0.1) is 0 Å². The topological polar surface area (TPSA) is 12.0 Å². The Balaban J connectivity index is 1.88. The van der Waals surface area contributed by atoms with Gasteiger partial charge in [0.1, 0.15) is 0 Å². The molecule has 1 aromatic rings. The molecule has 1 atom stereocenters. The van der Waals surface area contributed by atoms with Crippen LogP contribution in [0.1, 0.15) is 57.8 Å². The molecular formula is C18H27N. The smallest absolute Gasteiger partial charge is 0.0444 e. The van der Waals surface area contributed by atoms with Gasteiger partial charge in [-0.2, -0.15) is 0 Å². The van der Waals surface area contributed by atoms with Gasteiger partial charge in [0.2, 0.25) is 0 Å². The Bertz CT molecular complexity index is 355. The van der Waals surface area contributed by atoms with Crippen LogP contribution in [-0.2, 0) is 0 Å². The lowest BCUT2D eigenvalue weighted by molar-refractivity contribution is 0.557. The van der Waals surface area contributed by atoms with Crippen LogP contribution in [-0.4, -0.2) is 6.04 Å². The molecule has 1 heteroatoms. The Morgan fingerprint density at radius 2 is 1.47 bits per heavy atom. The summed E-state index contributed by atoms with van der Waals surface area (Å²) in [6.45, 7) is 0. The first kappa shape index (κ1) is 14.2. The van der Waals surface area contributed by atoms with Gasteiger partial charge in [-0.1, -0.05) is 68.9 Å². The Hall–Kier alpha value is -1.24. The molecule has 104 valence electrons. The second-order valence-electron chi connectivity index (χ2n) is 5.60. The highest BCUT2D eigenvalue weighted by atomic mass is 14.9. The average Bonchev–Trinajstić information content (AvgIpc) is 2.43. The number of benzene rings is 1. The van der Waals surface area contributed by atoms with Crippen molar-refractivity contribution in [2.75, 3.05) is 5.32 Å².